The fourth-order valence-electron chi connectivity index (χ4n) is 7.84. The highest BCUT2D eigenvalue weighted by molar-refractivity contribution is 5.96. The van der Waals surface area contributed by atoms with E-state index in [1.807, 2.05) is 0 Å². The van der Waals surface area contributed by atoms with Gasteiger partial charge in [-0.25, -0.2) is 4.98 Å². The first-order chi connectivity index (χ1) is 33.0. The molecule has 22 nitrogen and oxygen atoms in total. The molecule has 0 aliphatic rings. The number of primary amides is 1. The number of nitrogens with two attached hydrogens (primary N) is 5. The Kier molecular flexibility index (Phi) is 32.6. The number of ketones is 2. The Morgan fingerprint density at radius 3 is 1.57 bits per heavy atom. The number of nitrogens with zero attached hydrogens (tertiary/aromatic N) is 3. The van der Waals surface area contributed by atoms with Crippen LogP contribution in [-0.2, 0) is 44.8 Å². The molecule has 0 aliphatic heterocycles. The van der Waals surface area contributed by atoms with Crippen LogP contribution >= 0.6 is 0 Å². The van der Waals surface area contributed by atoms with Gasteiger partial charge in [0.25, 0.3) is 0 Å². The quantitative estimate of drug-likeness (QED) is 0.0254. The second-order valence-corrected chi connectivity index (χ2v) is 17.7. The van der Waals surface area contributed by atoms with Gasteiger partial charge in [-0.15, -0.1) is 0 Å². The molecule has 5 amide bonds. The number of nitrogens with one attached hydrogen (secondary N) is 5. The van der Waals surface area contributed by atoms with Crippen LogP contribution in [0.4, 0.5) is 0 Å². The Morgan fingerprint density at radius 2 is 1.10 bits per heavy atom. The summed E-state index contributed by atoms with van der Waals surface area (Å²) in [6.07, 6.45) is 16.6. The predicted molar refractivity (Wildman–Crippen MR) is 264 cm³/mol. The Bertz CT molecular complexity index is 1770. The number of aromatic nitrogens is 2. The van der Waals surface area contributed by atoms with Crippen molar-refractivity contribution in [3.63, 3.8) is 0 Å². The third-order valence-corrected chi connectivity index (χ3v) is 11.8. The molecule has 0 fully saturated rings. The number of carbonyl (C=O) groups is 8. The van der Waals surface area contributed by atoms with E-state index in [0.29, 0.717) is 12.1 Å². The molecular formula is C47H83N13O9. The number of guanidine groups is 2. The van der Waals surface area contributed by atoms with E-state index >= 15 is 0 Å². The van der Waals surface area contributed by atoms with Crippen LogP contribution in [0.5, 0.6) is 0 Å². The summed E-state index contributed by atoms with van der Waals surface area (Å²) < 4.78 is 0. The van der Waals surface area contributed by atoms with Gasteiger partial charge in [0.15, 0.2) is 23.5 Å². The standard InChI is InChI=1S/C47H83N13O9/c1-3-4-5-6-7-8-9-10-11-12-13-14-15-20-41(64)58-37(22-24-42(65)66)45(69)60-36(19-17-26-56-47(51)52)39(62)29-33(27-34-30-54-31-57-34)44(68)59-35(18-16-25-55-46(49)50)38(61)28-32(43(67)53-2)21-23-40(48)63/h30-33,35-37H,3-29H2,1-2H3,(H2,48,63)(H,53,67)(H,54,57)(H,58,64)(H,59,68)(H,60,69)(H,65,66)(H4,49,50,55)(H4,51,52,56)/t32-,33-,35+,36+,37+/m1/s1. The summed E-state index contributed by atoms with van der Waals surface area (Å²) in [6.45, 7) is 2.43. The van der Waals surface area contributed by atoms with Gasteiger partial charge in [0.05, 0.1) is 24.3 Å². The van der Waals surface area contributed by atoms with Crippen LogP contribution in [-0.4, -0.2) is 112 Å². The summed E-state index contributed by atoms with van der Waals surface area (Å²) in [5, 5.41) is 20.1. The van der Waals surface area contributed by atoms with E-state index in [1.165, 1.54) is 70.9 Å². The predicted octanol–water partition coefficient (Wildman–Crippen LogP) is 2.02. The molecular weight excluding hydrogens is 891 g/mol. The van der Waals surface area contributed by atoms with Crippen LogP contribution in [0.1, 0.15) is 167 Å². The van der Waals surface area contributed by atoms with E-state index in [1.54, 1.807) is 0 Å². The van der Waals surface area contributed by atoms with Gasteiger partial charge in [-0.05, 0) is 44.9 Å². The van der Waals surface area contributed by atoms with E-state index < -0.39 is 89.9 Å². The highest BCUT2D eigenvalue weighted by Crippen LogP contribution is 2.20. The van der Waals surface area contributed by atoms with Crippen molar-refractivity contribution in [1.82, 2.24) is 31.2 Å². The van der Waals surface area contributed by atoms with Gasteiger partial charge in [-0.2, -0.15) is 0 Å². The Hall–Kier alpha value is -6.09. The average Bonchev–Trinajstić information content (AvgIpc) is 3.82. The van der Waals surface area contributed by atoms with E-state index in [0.717, 1.165) is 25.7 Å². The molecule has 1 aromatic heterocycles. The first-order valence-electron chi connectivity index (χ1n) is 24.7. The van der Waals surface area contributed by atoms with E-state index in [4.69, 9.17) is 28.7 Å². The van der Waals surface area contributed by atoms with Crippen molar-refractivity contribution < 1.29 is 43.5 Å². The molecule has 0 unspecified atom stereocenters. The number of carboxylic acid groups (broad SMARTS) is 1. The first-order valence-corrected chi connectivity index (χ1v) is 24.7. The molecule has 1 rings (SSSR count). The zero-order valence-electron chi connectivity index (χ0n) is 41.1. The highest BCUT2D eigenvalue weighted by atomic mass is 16.4. The van der Waals surface area contributed by atoms with Gasteiger partial charge in [-0.1, -0.05) is 84.0 Å². The van der Waals surface area contributed by atoms with Crippen molar-refractivity contribution in [3.05, 3.63) is 18.2 Å². The molecule has 0 aromatic carbocycles. The molecule has 22 heteroatoms. The average molecular weight is 974 g/mol. The Morgan fingerprint density at radius 1 is 0.594 bits per heavy atom. The normalized spacial score (nSPS) is 13.1. The van der Waals surface area contributed by atoms with Crippen molar-refractivity contribution in [3.8, 4) is 0 Å². The van der Waals surface area contributed by atoms with Gasteiger partial charge in [-0.3, -0.25) is 48.3 Å². The summed E-state index contributed by atoms with van der Waals surface area (Å²) >= 11 is 0. The third-order valence-electron chi connectivity index (χ3n) is 11.8. The molecule has 1 heterocycles. The number of aliphatic carboxylic acids is 1. The Balaban J connectivity index is 3.24. The van der Waals surface area contributed by atoms with Crippen molar-refractivity contribution >= 4 is 59.0 Å². The fourth-order valence-corrected chi connectivity index (χ4v) is 7.84. The molecule has 0 saturated heterocycles. The molecule has 16 N–H and O–H groups in total. The number of amides is 5. The van der Waals surface area contributed by atoms with Gasteiger partial charge >= 0.3 is 5.97 Å². The number of hydrogen-bond donors (Lipinski definition) is 11. The number of carboxylic acids is 1. The number of carbonyl (C=O) groups excluding carboxylic acids is 7. The summed E-state index contributed by atoms with van der Waals surface area (Å²) in [5.41, 5.74) is 27.8. The largest absolute Gasteiger partial charge is 0.481 e. The topological polar surface area (TPSA) is 388 Å². The SMILES string of the molecule is CCCCCCCCCCCCCCCC(=O)N[C@@H](CCC(=O)O)C(=O)N[C@@H](CCCN=C(N)N)C(=O)C[C@@H](Cc1cnc[nH]1)C(=O)N[C@@H](CCCN=C(N)N)C(=O)C[C@@H](CCC(N)=O)C(=O)NC. The van der Waals surface area contributed by atoms with E-state index in [9.17, 15) is 43.5 Å². The van der Waals surface area contributed by atoms with Crippen LogP contribution in [0.3, 0.4) is 0 Å². The van der Waals surface area contributed by atoms with Crippen molar-refractivity contribution in [2.45, 2.75) is 186 Å². The summed E-state index contributed by atoms with van der Waals surface area (Å²) in [5.74, 6) is -7.75. The summed E-state index contributed by atoms with van der Waals surface area (Å²) in [7, 11) is 1.39. The second-order valence-electron chi connectivity index (χ2n) is 17.7. The molecule has 1 aromatic rings. The smallest absolute Gasteiger partial charge is 0.303 e. The number of Topliss-reactive ketones (excluding diaryl/α,β-unsaturated/α-hetero) is 2. The maximum atomic E-state index is 14.3. The van der Waals surface area contributed by atoms with Crippen molar-refractivity contribution in [2.75, 3.05) is 20.1 Å². The molecule has 5 atom stereocenters. The maximum Gasteiger partial charge on any atom is 0.303 e. The lowest BCUT2D eigenvalue weighted by Gasteiger charge is -2.26. The van der Waals surface area contributed by atoms with Crippen LogP contribution in [0.15, 0.2) is 22.5 Å². The number of rotatable bonds is 42. The summed E-state index contributed by atoms with van der Waals surface area (Å²) in [4.78, 5) is 120. The zero-order chi connectivity index (χ0) is 51.4. The number of aliphatic imine (C=N–C) groups is 2. The number of H-pyrrole nitrogens is 1. The van der Waals surface area contributed by atoms with Gasteiger partial charge in [0, 0.05) is 76.5 Å². The maximum absolute atomic E-state index is 14.3. The Labute approximate surface area is 407 Å². The van der Waals surface area contributed by atoms with Crippen molar-refractivity contribution in [2.24, 2.45) is 50.5 Å². The number of imidazole rings is 1. The molecule has 0 saturated carbocycles. The molecule has 0 radical (unpaired) electrons. The molecule has 0 spiro atoms. The first kappa shape index (κ1) is 60.9. The minimum atomic E-state index is -1.28. The third kappa shape index (κ3) is 30.1. The lowest BCUT2D eigenvalue weighted by atomic mass is 9.89. The van der Waals surface area contributed by atoms with Crippen LogP contribution < -0.4 is 49.9 Å². The van der Waals surface area contributed by atoms with Gasteiger partial charge in [0.1, 0.15) is 6.04 Å². The minimum Gasteiger partial charge on any atom is -0.481 e. The summed E-state index contributed by atoms with van der Waals surface area (Å²) in [6, 6.07) is -3.68. The van der Waals surface area contributed by atoms with Crippen LogP contribution in [0.25, 0.3) is 0 Å². The monoisotopic (exact) mass is 974 g/mol. The highest BCUT2D eigenvalue weighted by Gasteiger charge is 2.33. The van der Waals surface area contributed by atoms with Crippen LogP contribution in [0.2, 0.25) is 0 Å². The second kappa shape index (κ2) is 36.9. The molecule has 390 valence electrons. The number of unbranched alkanes of at least 4 members (excludes halogenated alkanes) is 12. The van der Waals surface area contributed by atoms with Crippen molar-refractivity contribution in [1.29, 1.82) is 0 Å². The lowest BCUT2D eigenvalue weighted by Crippen LogP contribution is -2.52. The molecule has 0 aliphatic carbocycles. The molecule has 69 heavy (non-hydrogen) atoms. The van der Waals surface area contributed by atoms with E-state index in [-0.39, 0.29) is 89.2 Å². The number of aromatic amines is 1. The fraction of sp³-hybridized carbons (Fsp3) is 0.723. The zero-order valence-corrected chi connectivity index (χ0v) is 41.1. The van der Waals surface area contributed by atoms with Crippen LogP contribution in [0, 0.1) is 11.8 Å². The lowest BCUT2D eigenvalue weighted by molar-refractivity contribution is -0.138. The van der Waals surface area contributed by atoms with Gasteiger partial charge in [0.2, 0.25) is 29.5 Å². The van der Waals surface area contributed by atoms with E-state index in [2.05, 4.69) is 48.1 Å². The molecule has 0 bridgehead atoms. The number of hydrogen-bond acceptors (Lipinski definition) is 11. The van der Waals surface area contributed by atoms with Gasteiger partial charge < -0.3 is 60.0 Å². The minimum absolute atomic E-state index is 0.0103.